The van der Waals surface area contributed by atoms with Crippen molar-refractivity contribution in [2.45, 2.75) is 11.8 Å². The van der Waals surface area contributed by atoms with Crippen molar-refractivity contribution in [1.82, 2.24) is 0 Å². The maximum Gasteiger partial charge on any atom is 0.336 e. The van der Waals surface area contributed by atoms with E-state index in [0.717, 1.165) is 6.26 Å². The maximum absolute atomic E-state index is 11.4. The molecule has 1 aromatic rings. The van der Waals surface area contributed by atoms with E-state index < -0.39 is 15.8 Å². The van der Waals surface area contributed by atoms with E-state index in [2.05, 4.69) is 0 Å². The van der Waals surface area contributed by atoms with Crippen molar-refractivity contribution in [3.8, 4) is 5.75 Å². The van der Waals surface area contributed by atoms with Crippen LogP contribution in [0.1, 0.15) is 15.9 Å². The Morgan fingerprint density at radius 2 is 1.94 bits per heavy atom. The second kappa shape index (κ2) is 4.13. The van der Waals surface area contributed by atoms with E-state index >= 15 is 0 Å². The first-order valence-electron chi connectivity index (χ1n) is 4.40. The van der Waals surface area contributed by atoms with E-state index in [0.29, 0.717) is 5.56 Å². The molecule has 0 fully saturated rings. The fourth-order valence-corrected chi connectivity index (χ4v) is 2.33. The monoisotopic (exact) mass is 244 g/mol. The lowest BCUT2D eigenvalue weighted by atomic mass is 10.1. The Bertz CT molecular complexity index is 530. The van der Waals surface area contributed by atoms with Crippen LogP contribution in [0.5, 0.6) is 5.75 Å². The minimum Gasteiger partial charge on any atom is -0.495 e. The molecule has 1 aromatic carbocycles. The number of ether oxygens (including phenoxy) is 1. The van der Waals surface area contributed by atoms with Gasteiger partial charge in [0.15, 0.2) is 9.84 Å². The van der Waals surface area contributed by atoms with Crippen LogP contribution in [0.3, 0.4) is 0 Å². The van der Waals surface area contributed by atoms with Crippen LogP contribution < -0.4 is 4.74 Å². The Balaban J connectivity index is 3.60. The zero-order valence-electron chi connectivity index (χ0n) is 9.14. The first kappa shape index (κ1) is 12.5. The number of carboxylic acid groups (broad SMARTS) is 1. The highest BCUT2D eigenvalue weighted by Gasteiger charge is 2.20. The fraction of sp³-hybridized carbons (Fsp3) is 0.300. The lowest BCUT2D eigenvalue weighted by Crippen LogP contribution is -2.07. The molecule has 0 heterocycles. The van der Waals surface area contributed by atoms with Crippen LogP contribution in [-0.4, -0.2) is 32.9 Å². The molecule has 0 aliphatic rings. The largest absolute Gasteiger partial charge is 0.495 e. The third-order valence-corrected chi connectivity index (χ3v) is 3.32. The molecule has 6 heteroatoms. The van der Waals surface area contributed by atoms with Crippen LogP contribution in [0.4, 0.5) is 0 Å². The molecule has 1 rings (SSSR count). The molecule has 0 aromatic heterocycles. The number of hydrogen-bond donors (Lipinski definition) is 1. The average Bonchev–Trinajstić information content (AvgIpc) is 2.15. The Morgan fingerprint density at radius 1 is 1.38 bits per heavy atom. The predicted molar refractivity (Wildman–Crippen MR) is 57.8 cm³/mol. The van der Waals surface area contributed by atoms with Crippen LogP contribution in [0, 0.1) is 6.92 Å². The molecule has 0 unspecified atom stereocenters. The van der Waals surface area contributed by atoms with Gasteiger partial charge in [0, 0.05) is 11.8 Å². The second-order valence-corrected chi connectivity index (χ2v) is 5.33. The summed E-state index contributed by atoms with van der Waals surface area (Å²) in [4.78, 5) is 10.8. The molecule has 0 aliphatic heterocycles. The molecular formula is C10H12O5S. The molecule has 0 bridgehead atoms. The lowest BCUT2D eigenvalue weighted by molar-refractivity contribution is 0.0695. The van der Waals surface area contributed by atoms with Crippen LogP contribution in [-0.2, 0) is 9.84 Å². The van der Waals surface area contributed by atoms with Crippen LogP contribution in [0.15, 0.2) is 17.0 Å². The van der Waals surface area contributed by atoms with Gasteiger partial charge in [-0.15, -0.1) is 0 Å². The smallest absolute Gasteiger partial charge is 0.336 e. The number of hydrogen-bond acceptors (Lipinski definition) is 4. The Labute approximate surface area is 93.6 Å². The third-order valence-electron chi connectivity index (χ3n) is 2.20. The van der Waals surface area contributed by atoms with E-state index in [-0.39, 0.29) is 16.2 Å². The van der Waals surface area contributed by atoms with Crippen molar-refractivity contribution in [1.29, 1.82) is 0 Å². The molecule has 0 aliphatic carbocycles. The molecular weight excluding hydrogens is 232 g/mol. The molecule has 88 valence electrons. The third kappa shape index (κ3) is 2.16. The highest BCUT2D eigenvalue weighted by Crippen LogP contribution is 2.29. The molecule has 0 spiro atoms. The summed E-state index contributed by atoms with van der Waals surface area (Å²) in [5, 5.41) is 8.87. The van der Waals surface area contributed by atoms with Crippen LogP contribution >= 0.6 is 0 Å². The minimum absolute atomic E-state index is 0.00231. The van der Waals surface area contributed by atoms with E-state index in [1.54, 1.807) is 0 Å². The average molecular weight is 244 g/mol. The standard InChI is InChI=1S/C10H12O5S/c1-6-7(10(11)12)4-5-8(9(6)15-2)16(3,13)14/h4-5H,1-3H3,(H,11,12). The summed E-state index contributed by atoms with van der Waals surface area (Å²) in [6, 6.07) is 2.50. The molecule has 1 N–H and O–H groups in total. The fourth-order valence-electron chi connectivity index (χ4n) is 1.44. The predicted octanol–water partition coefficient (Wildman–Crippen LogP) is 1.11. The van der Waals surface area contributed by atoms with Gasteiger partial charge in [-0.05, 0) is 19.1 Å². The summed E-state index contributed by atoms with van der Waals surface area (Å²) >= 11 is 0. The van der Waals surface area contributed by atoms with Gasteiger partial charge in [0.1, 0.15) is 10.6 Å². The SMILES string of the molecule is COc1c(S(C)(=O)=O)ccc(C(=O)O)c1C. The Hall–Kier alpha value is -1.56. The van der Waals surface area contributed by atoms with Crippen molar-refractivity contribution < 1.29 is 23.1 Å². The van der Waals surface area contributed by atoms with Crippen molar-refractivity contribution in [3.05, 3.63) is 23.3 Å². The van der Waals surface area contributed by atoms with Gasteiger partial charge >= 0.3 is 5.97 Å². The number of sulfone groups is 1. The summed E-state index contributed by atoms with van der Waals surface area (Å²) in [6.07, 6.45) is 1.05. The van der Waals surface area contributed by atoms with E-state index in [4.69, 9.17) is 9.84 Å². The molecule has 0 radical (unpaired) electrons. The van der Waals surface area contributed by atoms with Gasteiger partial charge in [0.2, 0.25) is 0 Å². The highest BCUT2D eigenvalue weighted by molar-refractivity contribution is 7.90. The van der Waals surface area contributed by atoms with Crippen LogP contribution in [0.25, 0.3) is 0 Å². The summed E-state index contributed by atoms with van der Waals surface area (Å²) in [5.41, 5.74) is 0.335. The zero-order valence-corrected chi connectivity index (χ0v) is 9.96. The molecule has 0 saturated carbocycles. The Kier molecular flexibility index (Phi) is 3.23. The van der Waals surface area contributed by atoms with Crippen molar-refractivity contribution >= 4 is 15.8 Å². The number of carboxylic acids is 1. The number of carbonyl (C=O) groups is 1. The normalized spacial score (nSPS) is 11.2. The number of aromatic carboxylic acids is 1. The maximum atomic E-state index is 11.4. The lowest BCUT2D eigenvalue weighted by Gasteiger charge is -2.11. The van der Waals surface area contributed by atoms with E-state index in [1.807, 2.05) is 0 Å². The molecule has 0 saturated heterocycles. The molecule has 0 atom stereocenters. The molecule has 5 nitrogen and oxygen atoms in total. The van der Waals surface area contributed by atoms with Crippen molar-refractivity contribution in [2.24, 2.45) is 0 Å². The number of rotatable bonds is 3. The van der Waals surface area contributed by atoms with Crippen molar-refractivity contribution in [2.75, 3.05) is 13.4 Å². The van der Waals surface area contributed by atoms with E-state index in [1.165, 1.54) is 26.2 Å². The van der Waals surface area contributed by atoms with Crippen molar-refractivity contribution in [3.63, 3.8) is 0 Å². The van der Waals surface area contributed by atoms with Gasteiger partial charge in [-0.2, -0.15) is 0 Å². The highest BCUT2D eigenvalue weighted by atomic mass is 32.2. The molecule has 0 amide bonds. The van der Waals surface area contributed by atoms with Gasteiger partial charge in [0.25, 0.3) is 0 Å². The van der Waals surface area contributed by atoms with Gasteiger partial charge in [0.05, 0.1) is 12.7 Å². The summed E-state index contributed by atoms with van der Waals surface area (Å²) in [5.74, 6) is -1.03. The first-order chi connectivity index (χ1) is 7.29. The second-order valence-electron chi connectivity index (χ2n) is 3.35. The summed E-state index contributed by atoms with van der Waals surface area (Å²) in [6.45, 7) is 1.51. The van der Waals surface area contributed by atoms with E-state index in [9.17, 15) is 13.2 Å². The first-order valence-corrected chi connectivity index (χ1v) is 6.29. The van der Waals surface area contributed by atoms with Gasteiger partial charge < -0.3 is 9.84 Å². The topological polar surface area (TPSA) is 80.7 Å². The zero-order chi connectivity index (χ0) is 12.5. The molecule has 16 heavy (non-hydrogen) atoms. The van der Waals surface area contributed by atoms with Gasteiger partial charge in [-0.3, -0.25) is 0 Å². The van der Waals surface area contributed by atoms with Crippen LogP contribution in [0.2, 0.25) is 0 Å². The Morgan fingerprint density at radius 3 is 2.31 bits per heavy atom. The summed E-state index contributed by atoms with van der Waals surface area (Å²) in [7, 11) is -2.12. The van der Waals surface area contributed by atoms with Gasteiger partial charge in [-0.1, -0.05) is 0 Å². The number of methoxy groups -OCH3 is 1. The summed E-state index contributed by atoms with van der Waals surface area (Å²) < 4.78 is 27.8. The quantitative estimate of drug-likeness (QED) is 0.861. The number of benzene rings is 1. The van der Waals surface area contributed by atoms with Gasteiger partial charge in [-0.25, -0.2) is 13.2 Å². The minimum atomic E-state index is -3.43.